The summed E-state index contributed by atoms with van der Waals surface area (Å²) in [5, 5.41) is 0. The monoisotopic (exact) mass is 118 g/mol. The minimum Gasteiger partial charge on any atom is -0.0776 e. The van der Waals surface area contributed by atoms with E-state index in [4.69, 9.17) is 0 Å². The molecule has 0 unspecified atom stereocenters. The third-order valence-corrected chi connectivity index (χ3v) is 0.500. The third-order valence-electron chi connectivity index (χ3n) is 0.500. The van der Waals surface area contributed by atoms with Crippen LogP contribution in [0.25, 0.3) is 0 Å². The molecule has 0 fully saturated rings. The number of hydrogen-bond acceptors (Lipinski definition) is 0. The molecule has 0 saturated heterocycles. The van der Waals surface area contributed by atoms with Crippen molar-refractivity contribution in [3.05, 3.63) is 0 Å². The first-order valence-electron chi connectivity index (χ1n) is 3.33. The Labute approximate surface area is 55.3 Å². The number of rotatable bonds is 1. The van der Waals surface area contributed by atoms with E-state index in [9.17, 15) is 0 Å². The fourth-order valence-electron chi connectivity index (χ4n) is 0. The Kier molecular flexibility index (Phi) is 54.9. The molecule has 0 atom stereocenters. The van der Waals surface area contributed by atoms with Crippen LogP contribution in [0.2, 0.25) is 0 Å². The molecule has 54 valence electrons. The second kappa shape index (κ2) is 28.0. The van der Waals surface area contributed by atoms with Gasteiger partial charge in [-0.05, 0) is 0 Å². The van der Waals surface area contributed by atoms with Gasteiger partial charge in [0.2, 0.25) is 0 Å². The lowest BCUT2D eigenvalue weighted by Crippen LogP contribution is -1.47. The molecular weight excluding hydrogens is 96.1 g/mol. The molecule has 0 saturated carbocycles. The molecule has 0 N–H and O–H groups in total. The summed E-state index contributed by atoms with van der Waals surface area (Å²) in [6.07, 6.45) is 3.89. The van der Waals surface area contributed by atoms with Crippen LogP contribution >= 0.6 is 0 Å². The smallest absolute Gasteiger partial charge is 0.0564 e. The second-order valence-corrected chi connectivity index (χ2v) is 1.71. The molecular formula is C8H22. The highest BCUT2D eigenvalue weighted by atomic mass is 13.6. The van der Waals surface area contributed by atoms with Crippen molar-refractivity contribution >= 4 is 0 Å². The predicted octanol–water partition coefficient (Wildman–Crippen LogP) is 3.86. The average molecular weight is 118 g/mol. The highest BCUT2D eigenvalue weighted by molar-refractivity contribution is 4.12. The van der Waals surface area contributed by atoms with E-state index < -0.39 is 0 Å². The van der Waals surface area contributed by atoms with Crippen molar-refractivity contribution < 1.29 is 0 Å². The first-order chi connectivity index (χ1) is 3.33. The third kappa shape index (κ3) is 150. The maximum Gasteiger partial charge on any atom is -0.0564 e. The fourth-order valence-corrected chi connectivity index (χ4v) is 0. The van der Waals surface area contributed by atoms with Gasteiger partial charge in [-0.15, -0.1) is 0 Å². The molecule has 0 aliphatic heterocycles. The van der Waals surface area contributed by atoms with E-state index in [1.807, 2.05) is 0 Å². The van der Waals surface area contributed by atoms with Gasteiger partial charge in [-0.2, -0.15) is 0 Å². The SMILES string of the molecule is C.CCC.CCCC. The summed E-state index contributed by atoms with van der Waals surface area (Å²) in [4.78, 5) is 0. The van der Waals surface area contributed by atoms with Crippen LogP contribution in [-0.4, -0.2) is 0 Å². The van der Waals surface area contributed by atoms with Gasteiger partial charge >= 0.3 is 0 Å². The van der Waals surface area contributed by atoms with Gasteiger partial charge in [-0.3, -0.25) is 0 Å². The topological polar surface area (TPSA) is 0 Å². The molecule has 0 spiro atoms. The first-order valence-corrected chi connectivity index (χ1v) is 3.33. The van der Waals surface area contributed by atoms with Crippen LogP contribution in [0.15, 0.2) is 0 Å². The van der Waals surface area contributed by atoms with Crippen molar-refractivity contribution in [2.75, 3.05) is 0 Å². The minimum absolute atomic E-state index is 0. The zero-order chi connectivity index (χ0) is 6.12. The molecule has 0 aromatic carbocycles. The van der Waals surface area contributed by atoms with Gasteiger partial charge in [0, 0.05) is 0 Å². The van der Waals surface area contributed by atoms with Gasteiger partial charge in [0.05, 0.1) is 0 Å². The van der Waals surface area contributed by atoms with E-state index >= 15 is 0 Å². The van der Waals surface area contributed by atoms with Crippen molar-refractivity contribution in [1.82, 2.24) is 0 Å². The highest BCUT2D eigenvalue weighted by Gasteiger charge is 1.56. The molecule has 0 radical (unpaired) electrons. The Hall–Kier alpha value is 0. The molecule has 0 amide bonds. The molecule has 0 aromatic rings. The summed E-state index contributed by atoms with van der Waals surface area (Å²) in [5.41, 5.74) is 0. The maximum absolute atomic E-state index is 2.18. The normalized spacial score (nSPS) is 6.00. The summed E-state index contributed by atoms with van der Waals surface area (Å²) in [6.45, 7) is 8.61. The van der Waals surface area contributed by atoms with Crippen LogP contribution in [0.1, 0.15) is 54.4 Å². The Morgan fingerprint density at radius 1 is 0.750 bits per heavy atom. The largest absolute Gasteiger partial charge is 0.0776 e. The molecule has 0 aromatic heterocycles. The van der Waals surface area contributed by atoms with Crippen molar-refractivity contribution in [2.45, 2.75) is 54.4 Å². The van der Waals surface area contributed by atoms with E-state index in [0.29, 0.717) is 0 Å². The van der Waals surface area contributed by atoms with Gasteiger partial charge in [0.25, 0.3) is 0 Å². The lowest BCUT2D eigenvalue weighted by Gasteiger charge is -1.68. The zero-order valence-electron chi connectivity index (χ0n) is 6.12. The second-order valence-electron chi connectivity index (χ2n) is 1.71. The molecule has 0 rings (SSSR count). The molecule has 0 bridgehead atoms. The Morgan fingerprint density at radius 3 is 0.875 bits per heavy atom. The van der Waals surface area contributed by atoms with Crippen molar-refractivity contribution in [3.8, 4) is 0 Å². The van der Waals surface area contributed by atoms with Crippen LogP contribution in [0.3, 0.4) is 0 Å². The van der Waals surface area contributed by atoms with Gasteiger partial charge in [0.15, 0.2) is 0 Å². The van der Waals surface area contributed by atoms with Crippen molar-refractivity contribution in [3.63, 3.8) is 0 Å². The average Bonchev–Trinajstić information content (AvgIpc) is 1.69. The quantitative estimate of drug-likeness (QED) is 0.490. The maximum atomic E-state index is 2.18. The van der Waals surface area contributed by atoms with E-state index in [1.165, 1.54) is 19.3 Å². The Bertz CT molecular complexity index is 7.51. The van der Waals surface area contributed by atoms with E-state index in [-0.39, 0.29) is 7.43 Å². The summed E-state index contributed by atoms with van der Waals surface area (Å²) >= 11 is 0. The van der Waals surface area contributed by atoms with E-state index in [1.54, 1.807) is 0 Å². The van der Waals surface area contributed by atoms with Crippen LogP contribution in [0.4, 0.5) is 0 Å². The first kappa shape index (κ1) is 15.7. The van der Waals surface area contributed by atoms with Crippen molar-refractivity contribution in [2.24, 2.45) is 0 Å². The molecule has 0 aliphatic carbocycles. The van der Waals surface area contributed by atoms with Gasteiger partial charge in [-0.25, -0.2) is 0 Å². The Balaban J connectivity index is -0.0000000575. The van der Waals surface area contributed by atoms with Gasteiger partial charge in [0.1, 0.15) is 0 Å². The molecule has 0 heterocycles. The van der Waals surface area contributed by atoms with E-state index in [0.717, 1.165) is 0 Å². The standard InChI is InChI=1S/C4H10.C3H8.CH4/c1-3-4-2;1-3-2;/h3-4H2,1-2H3;3H2,1-2H3;1H4. The van der Waals surface area contributed by atoms with Crippen LogP contribution in [0, 0.1) is 0 Å². The summed E-state index contributed by atoms with van der Waals surface area (Å²) in [5.74, 6) is 0. The minimum atomic E-state index is 0. The van der Waals surface area contributed by atoms with Crippen molar-refractivity contribution in [1.29, 1.82) is 0 Å². The van der Waals surface area contributed by atoms with Gasteiger partial charge < -0.3 is 0 Å². The summed E-state index contributed by atoms with van der Waals surface area (Å²) in [7, 11) is 0. The molecule has 0 aliphatic rings. The lowest BCUT2D eigenvalue weighted by molar-refractivity contribution is 0.886. The molecule has 8 heavy (non-hydrogen) atoms. The van der Waals surface area contributed by atoms with Crippen LogP contribution in [-0.2, 0) is 0 Å². The fraction of sp³-hybridized carbons (Fsp3) is 1.00. The van der Waals surface area contributed by atoms with Gasteiger partial charge in [-0.1, -0.05) is 54.4 Å². The Morgan fingerprint density at radius 2 is 0.875 bits per heavy atom. The highest BCUT2D eigenvalue weighted by Crippen LogP contribution is 1.76. The van der Waals surface area contributed by atoms with E-state index in [2.05, 4.69) is 27.7 Å². The zero-order valence-corrected chi connectivity index (χ0v) is 6.12. The summed E-state index contributed by atoms with van der Waals surface area (Å²) < 4.78 is 0. The van der Waals surface area contributed by atoms with Crippen LogP contribution < -0.4 is 0 Å². The lowest BCUT2D eigenvalue weighted by atomic mass is 10.4. The predicted molar refractivity (Wildman–Crippen MR) is 43.3 cm³/mol. The summed E-state index contributed by atoms with van der Waals surface area (Å²) in [6, 6.07) is 0. The molecule has 0 nitrogen and oxygen atoms in total. The van der Waals surface area contributed by atoms with Crippen LogP contribution in [0.5, 0.6) is 0 Å². The number of unbranched alkanes of at least 4 members (excludes halogenated alkanes) is 1. The molecule has 0 heteroatoms. The number of hydrogen-bond donors (Lipinski definition) is 0.